The van der Waals surface area contributed by atoms with E-state index in [4.69, 9.17) is 0 Å². The topological polar surface area (TPSA) is 97.9 Å². The molecular formula is C12H16N6O2. The summed E-state index contributed by atoms with van der Waals surface area (Å²) in [6.07, 6.45) is 1.84. The van der Waals surface area contributed by atoms with Crippen LogP contribution < -0.4 is 10.6 Å². The van der Waals surface area contributed by atoms with Gasteiger partial charge in [-0.1, -0.05) is 0 Å². The van der Waals surface area contributed by atoms with E-state index in [9.17, 15) is 10.1 Å². The predicted molar refractivity (Wildman–Crippen MR) is 75.6 cm³/mol. The molecule has 0 spiro atoms. The Kier molecular flexibility index (Phi) is 4.14. The number of aromatic nitrogens is 3. The molecule has 0 aliphatic carbocycles. The van der Waals surface area contributed by atoms with Crippen LogP contribution in [0.15, 0.2) is 24.4 Å². The molecule has 2 N–H and O–H groups in total. The minimum atomic E-state index is -0.436. The summed E-state index contributed by atoms with van der Waals surface area (Å²) in [5, 5.41) is 21.1. The van der Waals surface area contributed by atoms with Gasteiger partial charge in [-0.15, -0.1) is 0 Å². The number of aryl methyl sites for hydroxylation is 1. The first-order chi connectivity index (χ1) is 9.58. The van der Waals surface area contributed by atoms with Crippen molar-refractivity contribution in [1.82, 2.24) is 14.8 Å². The van der Waals surface area contributed by atoms with Crippen LogP contribution in [0, 0.1) is 10.1 Å². The van der Waals surface area contributed by atoms with E-state index in [1.165, 1.54) is 12.1 Å². The van der Waals surface area contributed by atoms with Gasteiger partial charge in [0.15, 0.2) is 0 Å². The summed E-state index contributed by atoms with van der Waals surface area (Å²) < 4.78 is 1.70. The number of hydrogen-bond acceptors (Lipinski definition) is 6. The van der Waals surface area contributed by atoms with E-state index >= 15 is 0 Å². The van der Waals surface area contributed by atoms with Gasteiger partial charge in [-0.05, 0) is 13.0 Å². The lowest BCUT2D eigenvalue weighted by molar-refractivity contribution is -0.384. The van der Waals surface area contributed by atoms with E-state index in [2.05, 4.69) is 20.7 Å². The summed E-state index contributed by atoms with van der Waals surface area (Å²) in [5.74, 6) is 0.922. The van der Waals surface area contributed by atoms with Crippen LogP contribution in [-0.4, -0.2) is 26.2 Å². The fraction of sp³-hybridized carbons (Fsp3) is 0.333. The maximum atomic E-state index is 10.9. The molecule has 20 heavy (non-hydrogen) atoms. The number of nitro groups is 1. The first-order valence-corrected chi connectivity index (χ1v) is 6.21. The van der Waals surface area contributed by atoms with Crippen LogP contribution in [0.3, 0.4) is 0 Å². The van der Waals surface area contributed by atoms with Crippen LogP contribution in [0.5, 0.6) is 0 Å². The molecule has 2 heterocycles. The largest absolute Gasteiger partial charge is 0.370 e. The highest BCUT2D eigenvalue weighted by atomic mass is 16.6. The molecule has 0 bridgehead atoms. The van der Waals surface area contributed by atoms with Crippen molar-refractivity contribution in [3.63, 3.8) is 0 Å². The molecular weight excluding hydrogens is 260 g/mol. The van der Waals surface area contributed by atoms with Crippen LogP contribution in [-0.2, 0) is 13.6 Å². The van der Waals surface area contributed by atoms with Gasteiger partial charge >= 0.3 is 0 Å². The SMILES string of the molecule is CCNc1cc([N+](=O)[O-])cc(NCc2ccn(C)n2)n1. The molecule has 8 heteroatoms. The molecule has 0 aliphatic rings. The van der Waals surface area contributed by atoms with Crippen molar-refractivity contribution in [1.29, 1.82) is 0 Å². The van der Waals surface area contributed by atoms with E-state index in [0.717, 1.165) is 5.69 Å². The Bertz CT molecular complexity index is 610. The molecule has 0 aliphatic heterocycles. The highest BCUT2D eigenvalue weighted by molar-refractivity contribution is 5.54. The van der Waals surface area contributed by atoms with Crippen molar-refractivity contribution in [3.05, 3.63) is 40.2 Å². The highest BCUT2D eigenvalue weighted by Crippen LogP contribution is 2.20. The fourth-order valence-electron chi connectivity index (χ4n) is 1.72. The van der Waals surface area contributed by atoms with Gasteiger partial charge in [-0.3, -0.25) is 14.8 Å². The Labute approximate surface area is 116 Å². The quantitative estimate of drug-likeness (QED) is 0.616. The first-order valence-electron chi connectivity index (χ1n) is 6.21. The number of nitrogens with zero attached hydrogens (tertiary/aromatic N) is 4. The second-order valence-electron chi connectivity index (χ2n) is 4.22. The Balaban J connectivity index is 2.15. The smallest absolute Gasteiger partial charge is 0.276 e. The maximum absolute atomic E-state index is 10.9. The summed E-state index contributed by atoms with van der Waals surface area (Å²) in [6, 6.07) is 4.69. The Morgan fingerprint density at radius 1 is 1.35 bits per heavy atom. The molecule has 0 amide bonds. The zero-order chi connectivity index (χ0) is 14.5. The number of pyridine rings is 1. The van der Waals surface area contributed by atoms with Gasteiger partial charge in [0.25, 0.3) is 5.69 Å². The van der Waals surface area contributed by atoms with Crippen molar-refractivity contribution in [2.24, 2.45) is 7.05 Å². The van der Waals surface area contributed by atoms with Crippen molar-refractivity contribution >= 4 is 17.3 Å². The van der Waals surface area contributed by atoms with Gasteiger partial charge < -0.3 is 10.6 Å². The molecule has 2 rings (SSSR count). The van der Waals surface area contributed by atoms with Crippen LogP contribution in [0.25, 0.3) is 0 Å². The zero-order valence-electron chi connectivity index (χ0n) is 11.3. The van der Waals surface area contributed by atoms with Crippen molar-refractivity contribution in [3.8, 4) is 0 Å². The summed E-state index contributed by atoms with van der Waals surface area (Å²) in [5.41, 5.74) is 0.838. The molecule has 0 aromatic carbocycles. The number of rotatable bonds is 6. The fourth-order valence-corrected chi connectivity index (χ4v) is 1.72. The maximum Gasteiger partial charge on any atom is 0.276 e. The Morgan fingerprint density at radius 2 is 2.05 bits per heavy atom. The first kappa shape index (κ1) is 13.8. The average molecular weight is 276 g/mol. The lowest BCUT2D eigenvalue weighted by Gasteiger charge is -2.07. The van der Waals surface area contributed by atoms with Gasteiger partial charge in [0, 0.05) is 19.8 Å². The molecule has 0 fully saturated rings. The van der Waals surface area contributed by atoms with E-state index in [-0.39, 0.29) is 5.69 Å². The molecule has 8 nitrogen and oxygen atoms in total. The molecule has 0 atom stereocenters. The molecule has 0 unspecified atom stereocenters. The standard InChI is InChI=1S/C12H16N6O2/c1-3-13-11-6-10(18(19)20)7-12(15-11)14-8-9-4-5-17(2)16-9/h4-7H,3,8H2,1-2H3,(H2,13,14,15). The van der Waals surface area contributed by atoms with Gasteiger partial charge in [-0.2, -0.15) is 5.10 Å². The molecule has 0 saturated heterocycles. The summed E-state index contributed by atoms with van der Waals surface area (Å²) in [7, 11) is 1.83. The van der Waals surface area contributed by atoms with Gasteiger partial charge in [-0.25, -0.2) is 4.98 Å². The molecule has 106 valence electrons. The minimum Gasteiger partial charge on any atom is -0.370 e. The third-order valence-electron chi connectivity index (χ3n) is 2.60. The Morgan fingerprint density at radius 3 is 2.60 bits per heavy atom. The summed E-state index contributed by atoms with van der Waals surface area (Å²) in [4.78, 5) is 14.7. The predicted octanol–water partition coefficient (Wildman–Crippen LogP) is 1.77. The monoisotopic (exact) mass is 276 g/mol. The lowest BCUT2D eigenvalue weighted by Crippen LogP contribution is -2.06. The normalized spacial score (nSPS) is 10.3. The molecule has 0 radical (unpaired) electrons. The minimum absolute atomic E-state index is 0.000490. The zero-order valence-corrected chi connectivity index (χ0v) is 11.3. The lowest BCUT2D eigenvalue weighted by atomic mass is 10.3. The van der Waals surface area contributed by atoms with Crippen molar-refractivity contribution < 1.29 is 4.92 Å². The number of hydrogen-bond donors (Lipinski definition) is 2. The van der Waals surface area contributed by atoms with Crippen LogP contribution >= 0.6 is 0 Å². The molecule has 2 aromatic heterocycles. The van der Waals surface area contributed by atoms with E-state index < -0.39 is 4.92 Å². The second kappa shape index (κ2) is 6.00. The van der Waals surface area contributed by atoms with Crippen LogP contribution in [0.1, 0.15) is 12.6 Å². The van der Waals surface area contributed by atoms with Crippen LogP contribution in [0.2, 0.25) is 0 Å². The number of anilines is 2. The van der Waals surface area contributed by atoms with E-state index in [0.29, 0.717) is 24.7 Å². The van der Waals surface area contributed by atoms with Crippen LogP contribution in [0.4, 0.5) is 17.3 Å². The van der Waals surface area contributed by atoms with Gasteiger partial charge in [0.05, 0.1) is 29.3 Å². The molecule has 0 saturated carbocycles. The van der Waals surface area contributed by atoms with E-state index in [1.807, 2.05) is 26.2 Å². The Hall–Kier alpha value is -2.64. The molecule has 2 aromatic rings. The van der Waals surface area contributed by atoms with E-state index in [1.54, 1.807) is 4.68 Å². The van der Waals surface area contributed by atoms with Gasteiger partial charge in [0.2, 0.25) is 0 Å². The summed E-state index contributed by atoms with van der Waals surface area (Å²) in [6.45, 7) is 3.01. The van der Waals surface area contributed by atoms with Crippen molar-refractivity contribution in [2.45, 2.75) is 13.5 Å². The highest BCUT2D eigenvalue weighted by Gasteiger charge is 2.11. The number of nitrogens with one attached hydrogen (secondary N) is 2. The van der Waals surface area contributed by atoms with Crippen molar-refractivity contribution in [2.75, 3.05) is 17.2 Å². The van der Waals surface area contributed by atoms with Gasteiger partial charge in [0.1, 0.15) is 11.6 Å². The second-order valence-corrected chi connectivity index (χ2v) is 4.22. The third-order valence-corrected chi connectivity index (χ3v) is 2.60. The average Bonchev–Trinajstić information content (AvgIpc) is 2.82. The summed E-state index contributed by atoms with van der Waals surface area (Å²) >= 11 is 0. The third kappa shape index (κ3) is 3.44.